The fourth-order valence-electron chi connectivity index (χ4n) is 2.02. The molecule has 0 fully saturated rings. The highest BCUT2D eigenvalue weighted by Crippen LogP contribution is 2.27. The molecule has 23 heavy (non-hydrogen) atoms. The van der Waals surface area contributed by atoms with Crippen molar-refractivity contribution in [2.24, 2.45) is 0 Å². The molecular weight excluding hydrogens is 324 g/mol. The fourth-order valence-corrected chi connectivity index (χ4v) is 2.20. The van der Waals surface area contributed by atoms with Crippen molar-refractivity contribution in [2.75, 3.05) is 5.32 Å². The molecule has 0 saturated carbocycles. The fraction of sp³-hybridized carbons (Fsp3) is 0. The maximum absolute atomic E-state index is 13.2. The Morgan fingerprint density at radius 2 is 1.87 bits per heavy atom. The molecule has 0 saturated heterocycles. The first kappa shape index (κ1) is 15.2. The quantitative estimate of drug-likeness (QED) is 0.722. The van der Waals surface area contributed by atoms with Crippen molar-refractivity contribution in [2.45, 2.75) is 0 Å². The van der Waals surface area contributed by atoms with Crippen LogP contribution in [0.25, 0.3) is 11.3 Å². The summed E-state index contributed by atoms with van der Waals surface area (Å²) in [5, 5.41) is 2.49. The van der Waals surface area contributed by atoms with Crippen molar-refractivity contribution in [1.82, 2.24) is 0 Å². The van der Waals surface area contributed by atoms with Crippen molar-refractivity contribution in [3.63, 3.8) is 0 Å². The summed E-state index contributed by atoms with van der Waals surface area (Å²) in [5.74, 6) is -1.09. The Bertz CT molecular complexity index is 877. The van der Waals surface area contributed by atoms with E-state index in [9.17, 15) is 13.6 Å². The topological polar surface area (TPSA) is 42.2 Å². The van der Waals surface area contributed by atoms with E-state index in [1.165, 1.54) is 42.5 Å². The summed E-state index contributed by atoms with van der Waals surface area (Å²) in [6.07, 6.45) is 0. The first-order chi connectivity index (χ1) is 11.0. The lowest BCUT2D eigenvalue weighted by Gasteiger charge is -2.03. The molecule has 3 rings (SSSR count). The van der Waals surface area contributed by atoms with Crippen LogP contribution in [0.3, 0.4) is 0 Å². The molecule has 0 aliphatic rings. The van der Waals surface area contributed by atoms with Gasteiger partial charge in [-0.1, -0.05) is 17.7 Å². The molecule has 6 heteroatoms. The van der Waals surface area contributed by atoms with E-state index < -0.39 is 17.5 Å². The second-order valence-electron chi connectivity index (χ2n) is 4.76. The summed E-state index contributed by atoms with van der Waals surface area (Å²) >= 11 is 5.72. The predicted molar refractivity (Wildman–Crippen MR) is 83.5 cm³/mol. The lowest BCUT2D eigenvalue weighted by Crippen LogP contribution is -2.10. The van der Waals surface area contributed by atoms with Crippen LogP contribution in [0.4, 0.5) is 14.5 Å². The Labute approximate surface area is 135 Å². The maximum atomic E-state index is 13.2. The van der Waals surface area contributed by atoms with E-state index in [0.29, 0.717) is 17.0 Å². The Kier molecular flexibility index (Phi) is 4.12. The van der Waals surface area contributed by atoms with Gasteiger partial charge >= 0.3 is 0 Å². The Hall–Kier alpha value is -2.66. The van der Waals surface area contributed by atoms with Crippen LogP contribution in [-0.4, -0.2) is 5.91 Å². The summed E-state index contributed by atoms with van der Waals surface area (Å²) in [4.78, 5) is 12.1. The van der Waals surface area contributed by atoms with Crippen LogP contribution < -0.4 is 5.32 Å². The third-order valence-electron chi connectivity index (χ3n) is 3.12. The Morgan fingerprint density at radius 3 is 2.61 bits per heavy atom. The van der Waals surface area contributed by atoms with Crippen molar-refractivity contribution in [3.8, 4) is 11.3 Å². The van der Waals surface area contributed by atoms with Gasteiger partial charge in [0.15, 0.2) is 5.76 Å². The summed E-state index contributed by atoms with van der Waals surface area (Å²) in [6.45, 7) is 0. The average molecular weight is 334 g/mol. The van der Waals surface area contributed by atoms with Gasteiger partial charge in [0.1, 0.15) is 17.4 Å². The van der Waals surface area contributed by atoms with Crippen LogP contribution >= 0.6 is 11.6 Å². The lowest BCUT2D eigenvalue weighted by atomic mass is 10.2. The molecule has 116 valence electrons. The maximum Gasteiger partial charge on any atom is 0.291 e. The molecule has 0 aliphatic heterocycles. The zero-order valence-corrected chi connectivity index (χ0v) is 12.4. The highest BCUT2D eigenvalue weighted by Gasteiger charge is 2.13. The van der Waals surface area contributed by atoms with Gasteiger partial charge in [0, 0.05) is 11.3 Å². The van der Waals surface area contributed by atoms with E-state index >= 15 is 0 Å². The van der Waals surface area contributed by atoms with Crippen LogP contribution in [0, 0.1) is 11.6 Å². The molecule has 1 N–H and O–H groups in total. The number of hydrogen-bond donors (Lipinski definition) is 1. The summed E-state index contributed by atoms with van der Waals surface area (Å²) < 4.78 is 31.7. The number of nitrogens with one attached hydrogen (secondary N) is 1. The van der Waals surface area contributed by atoms with Crippen LogP contribution in [0.2, 0.25) is 5.02 Å². The molecule has 0 radical (unpaired) electrons. The smallest absolute Gasteiger partial charge is 0.291 e. The SMILES string of the molecule is O=C(Nc1cccc(F)c1)c1ccc(-c2ccc(F)c(Cl)c2)o1. The first-order valence-electron chi connectivity index (χ1n) is 6.65. The molecule has 0 spiro atoms. The van der Waals surface area contributed by atoms with Crippen LogP contribution in [-0.2, 0) is 0 Å². The predicted octanol–water partition coefficient (Wildman–Crippen LogP) is 5.13. The minimum absolute atomic E-state index is 0.0373. The second-order valence-corrected chi connectivity index (χ2v) is 5.16. The molecule has 1 aromatic heterocycles. The standard InChI is InChI=1S/C17H10ClF2NO2/c18-13-8-10(4-5-14(13)20)15-6-7-16(23-15)17(22)21-12-3-1-2-11(19)9-12/h1-9H,(H,21,22). The van der Waals surface area contributed by atoms with Crippen molar-refractivity contribution in [3.05, 3.63) is 77.0 Å². The molecule has 3 aromatic rings. The zero-order valence-electron chi connectivity index (χ0n) is 11.6. The minimum Gasteiger partial charge on any atom is -0.451 e. The highest BCUT2D eigenvalue weighted by atomic mass is 35.5. The zero-order chi connectivity index (χ0) is 16.4. The third-order valence-corrected chi connectivity index (χ3v) is 3.41. The van der Waals surface area contributed by atoms with Crippen molar-refractivity contribution in [1.29, 1.82) is 0 Å². The summed E-state index contributed by atoms with van der Waals surface area (Å²) in [6, 6.07) is 12.7. The van der Waals surface area contributed by atoms with Gasteiger partial charge in [-0.25, -0.2) is 8.78 Å². The summed E-state index contributed by atoms with van der Waals surface area (Å²) in [7, 11) is 0. The number of rotatable bonds is 3. The van der Waals surface area contributed by atoms with E-state index in [1.54, 1.807) is 12.1 Å². The first-order valence-corrected chi connectivity index (χ1v) is 7.03. The number of hydrogen-bond acceptors (Lipinski definition) is 2. The molecule has 1 heterocycles. The van der Waals surface area contributed by atoms with Gasteiger partial charge in [-0.2, -0.15) is 0 Å². The number of amides is 1. The third kappa shape index (κ3) is 3.40. The number of carbonyl (C=O) groups excluding carboxylic acids is 1. The molecule has 0 bridgehead atoms. The van der Waals surface area contributed by atoms with E-state index in [2.05, 4.69) is 5.32 Å². The van der Waals surface area contributed by atoms with Crippen LogP contribution in [0.5, 0.6) is 0 Å². The molecule has 3 nitrogen and oxygen atoms in total. The molecule has 2 aromatic carbocycles. The lowest BCUT2D eigenvalue weighted by molar-refractivity contribution is 0.0997. The van der Waals surface area contributed by atoms with Gasteiger partial charge in [0.2, 0.25) is 0 Å². The van der Waals surface area contributed by atoms with Crippen molar-refractivity contribution < 1.29 is 18.0 Å². The monoisotopic (exact) mass is 333 g/mol. The van der Waals surface area contributed by atoms with E-state index in [1.807, 2.05) is 0 Å². The molecule has 0 atom stereocenters. The second kappa shape index (κ2) is 6.22. The van der Waals surface area contributed by atoms with Crippen LogP contribution in [0.15, 0.2) is 59.0 Å². The van der Waals surface area contributed by atoms with Gasteiger partial charge in [-0.05, 0) is 48.5 Å². The van der Waals surface area contributed by atoms with E-state index in [4.69, 9.17) is 16.0 Å². The van der Waals surface area contributed by atoms with Gasteiger partial charge in [-0.15, -0.1) is 0 Å². The number of benzene rings is 2. The summed E-state index contributed by atoms with van der Waals surface area (Å²) in [5.41, 5.74) is 0.860. The van der Waals surface area contributed by atoms with Crippen molar-refractivity contribution >= 4 is 23.2 Å². The molecule has 0 aliphatic carbocycles. The number of furan rings is 1. The molecule has 0 unspecified atom stereocenters. The average Bonchev–Trinajstić information content (AvgIpc) is 3.00. The van der Waals surface area contributed by atoms with Gasteiger partial charge < -0.3 is 9.73 Å². The minimum atomic E-state index is -0.536. The number of anilines is 1. The van der Waals surface area contributed by atoms with Crippen LogP contribution in [0.1, 0.15) is 10.6 Å². The number of halogens is 3. The molecule has 1 amide bonds. The Morgan fingerprint density at radius 1 is 1.04 bits per heavy atom. The van der Waals surface area contributed by atoms with Gasteiger partial charge in [0.05, 0.1) is 5.02 Å². The normalized spacial score (nSPS) is 10.6. The Balaban J connectivity index is 1.81. The van der Waals surface area contributed by atoms with E-state index in [0.717, 1.165) is 0 Å². The van der Waals surface area contributed by atoms with E-state index in [-0.39, 0.29) is 10.8 Å². The highest BCUT2D eigenvalue weighted by molar-refractivity contribution is 6.31. The van der Waals surface area contributed by atoms with Gasteiger partial charge in [-0.3, -0.25) is 4.79 Å². The largest absolute Gasteiger partial charge is 0.451 e. The molecular formula is C17H10ClF2NO2. The number of carbonyl (C=O) groups is 1. The van der Waals surface area contributed by atoms with Gasteiger partial charge in [0.25, 0.3) is 5.91 Å².